The first kappa shape index (κ1) is 10.8. The molecule has 0 atom stereocenters. The molecule has 1 aliphatic rings. The van der Waals surface area contributed by atoms with Gasteiger partial charge >= 0.3 is 0 Å². The second-order valence-electron chi connectivity index (χ2n) is 2.78. The summed E-state index contributed by atoms with van der Waals surface area (Å²) in [6, 6.07) is 6.40. The topological polar surface area (TPSA) is 92.4 Å². The third-order valence-electron chi connectivity index (χ3n) is 1.53. The molecule has 0 aliphatic carbocycles. The molecule has 0 aromatic heterocycles. The van der Waals surface area contributed by atoms with Crippen LogP contribution >= 0.6 is 0 Å². The quantitative estimate of drug-likeness (QED) is 0.320. The zero-order valence-corrected chi connectivity index (χ0v) is 7.81. The molecule has 0 saturated carbocycles. The van der Waals surface area contributed by atoms with Gasteiger partial charge in [0.05, 0.1) is 0 Å². The minimum atomic E-state index is -0.329. The summed E-state index contributed by atoms with van der Waals surface area (Å²) in [5.74, 6) is -0.408. The molecular formula is C10H10N2O3. The molecule has 2 rings (SSSR count). The van der Waals surface area contributed by atoms with Crippen molar-refractivity contribution in [2.24, 2.45) is 0 Å². The standard InChI is InChI=1S/C6H7NO.C4H3NO2/c7-5-1-3-6(8)4-2-5;6-3-1-2-4(7)5-3/h1-4,8H,7H2;1-2H,(H,5,6,7). The highest BCUT2D eigenvalue weighted by atomic mass is 16.3. The highest BCUT2D eigenvalue weighted by Gasteiger charge is 2.06. The van der Waals surface area contributed by atoms with Crippen LogP contribution in [0.4, 0.5) is 5.69 Å². The first-order valence-corrected chi connectivity index (χ1v) is 4.15. The van der Waals surface area contributed by atoms with Crippen LogP contribution in [0.5, 0.6) is 5.75 Å². The highest BCUT2D eigenvalue weighted by Crippen LogP contribution is 2.09. The predicted octanol–water partition coefficient (Wildman–Crippen LogP) is 0.173. The average Bonchev–Trinajstić information content (AvgIpc) is 2.56. The number of nitrogens with one attached hydrogen (secondary N) is 1. The third kappa shape index (κ3) is 3.95. The van der Waals surface area contributed by atoms with E-state index in [0.717, 1.165) is 0 Å². The van der Waals surface area contributed by atoms with E-state index in [1.807, 2.05) is 5.32 Å². The number of aromatic hydroxyl groups is 1. The Kier molecular flexibility index (Phi) is 3.45. The molecule has 1 aromatic rings. The summed E-state index contributed by atoms with van der Waals surface area (Å²) < 4.78 is 0. The lowest BCUT2D eigenvalue weighted by molar-refractivity contribution is -0.123. The Labute approximate surface area is 86.2 Å². The maximum atomic E-state index is 10.0. The predicted molar refractivity (Wildman–Crippen MR) is 54.8 cm³/mol. The minimum absolute atomic E-state index is 0.249. The lowest BCUT2D eigenvalue weighted by atomic mass is 10.3. The molecular weight excluding hydrogens is 196 g/mol. The van der Waals surface area contributed by atoms with Crippen LogP contribution in [0.15, 0.2) is 36.4 Å². The monoisotopic (exact) mass is 206 g/mol. The van der Waals surface area contributed by atoms with Crippen LogP contribution < -0.4 is 11.1 Å². The zero-order chi connectivity index (χ0) is 11.3. The molecule has 0 saturated heterocycles. The zero-order valence-electron chi connectivity index (χ0n) is 7.81. The molecule has 0 unspecified atom stereocenters. The van der Waals surface area contributed by atoms with E-state index in [0.29, 0.717) is 5.69 Å². The molecule has 4 N–H and O–H groups in total. The highest BCUT2D eigenvalue weighted by molar-refractivity contribution is 6.12. The van der Waals surface area contributed by atoms with Gasteiger partial charge in [0.2, 0.25) is 0 Å². The van der Waals surface area contributed by atoms with Gasteiger partial charge in [-0.3, -0.25) is 14.9 Å². The molecule has 78 valence electrons. The van der Waals surface area contributed by atoms with Crippen molar-refractivity contribution in [2.75, 3.05) is 5.73 Å². The summed E-state index contributed by atoms with van der Waals surface area (Å²) in [5, 5.41) is 10.7. The van der Waals surface area contributed by atoms with Crippen molar-refractivity contribution < 1.29 is 14.7 Å². The molecule has 15 heavy (non-hydrogen) atoms. The number of carbonyl (C=O) groups excluding carboxylic acids is 2. The molecule has 0 fully saturated rings. The molecule has 1 aromatic carbocycles. The summed E-state index contributed by atoms with van der Waals surface area (Å²) in [4.78, 5) is 20.1. The van der Waals surface area contributed by atoms with Gasteiger partial charge < -0.3 is 10.8 Å². The van der Waals surface area contributed by atoms with E-state index in [9.17, 15) is 9.59 Å². The van der Waals surface area contributed by atoms with E-state index in [1.165, 1.54) is 12.2 Å². The van der Waals surface area contributed by atoms with E-state index >= 15 is 0 Å². The fourth-order valence-electron chi connectivity index (χ4n) is 0.830. The Hall–Kier alpha value is -2.30. The fraction of sp³-hybridized carbons (Fsp3) is 0. The molecule has 0 spiro atoms. The number of carbonyl (C=O) groups is 2. The van der Waals surface area contributed by atoms with Gasteiger partial charge in [-0.2, -0.15) is 0 Å². The molecule has 1 heterocycles. The van der Waals surface area contributed by atoms with E-state index in [2.05, 4.69) is 0 Å². The molecule has 1 aliphatic heterocycles. The lowest BCUT2D eigenvalue weighted by Gasteiger charge is -1.89. The molecule has 0 bridgehead atoms. The Morgan fingerprint density at radius 2 is 1.47 bits per heavy atom. The SMILES string of the molecule is Nc1ccc(O)cc1.O=C1C=CC(=O)N1. The normalized spacial score (nSPS) is 13.1. The first-order chi connectivity index (χ1) is 7.08. The molecule has 5 heteroatoms. The van der Waals surface area contributed by atoms with Crippen LogP contribution in [-0.4, -0.2) is 16.9 Å². The van der Waals surface area contributed by atoms with Crippen molar-refractivity contribution in [3.63, 3.8) is 0 Å². The van der Waals surface area contributed by atoms with Crippen LogP contribution in [0, 0.1) is 0 Å². The lowest BCUT2D eigenvalue weighted by Crippen LogP contribution is -2.19. The minimum Gasteiger partial charge on any atom is -0.508 e. The van der Waals surface area contributed by atoms with E-state index in [-0.39, 0.29) is 17.6 Å². The first-order valence-electron chi connectivity index (χ1n) is 4.15. The van der Waals surface area contributed by atoms with Crippen LogP contribution in [0.2, 0.25) is 0 Å². The van der Waals surface area contributed by atoms with Crippen molar-refractivity contribution in [1.82, 2.24) is 5.32 Å². The van der Waals surface area contributed by atoms with Crippen LogP contribution in [0.3, 0.4) is 0 Å². The number of hydrogen-bond donors (Lipinski definition) is 3. The average molecular weight is 206 g/mol. The molecule has 5 nitrogen and oxygen atoms in total. The van der Waals surface area contributed by atoms with Gasteiger partial charge in [-0.05, 0) is 24.3 Å². The van der Waals surface area contributed by atoms with Crippen molar-refractivity contribution >= 4 is 17.5 Å². The Morgan fingerprint density at radius 3 is 1.73 bits per heavy atom. The Morgan fingerprint density at radius 1 is 1.00 bits per heavy atom. The van der Waals surface area contributed by atoms with Crippen molar-refractivity contribution in [3.8, 4) is 5.75 Å². The number of rotatable bonds is 0. The van der Waals surface area contributed by atoms with Crippen LogP contribution in [-0.2, 0) is 9.59 Å². The molecule has 2 amide bonds. The Bertz CT molecular complexity index is 359. The summed E-state index contributed by atoms with van der Waals surface area (Å²) in [7, 11) is 0. The van der Waals surface area contributed by atoms with Crippen LogP contribution in [0.25, 0.3) is 0 Å². The largest absolute Gasteiger partial charge is 0.508 e. The maximum Gasteiger partial charge on any atom is 0.250 e. The summed E-state index contributed by atoms with van der Waals surface area (Å²) in [5.41, 5.74) is 5.98. The number of imide groups is 1. The smallest absolute Gasteiger partial charge is 0.250 e. The number of benzene rings is 1. The number of nitrogen functional groups attached to an aromatic ring is 1. The summed E-state index contributed by atoms with van der Waals surface area (Å²) in [6.07, 6.45) is 2.39. The van der Waals surface area contributed by atoms with Gasteiger partial charge in [-0.15, -0.1) is 0 Å². The van der Waals surface area contributed by atoms with Gasteiger partial charge in [-0.1, -0.05) is 0 Å². The molecule has 0 radical (unpaired) electrons. The second-order valence-corrected chi connectivity index (χ2v) is 2.78. The maximum absolute atomic E-state index is 10.0. The Balaban J connectivity index is 0.000000151. The van der Waals surface area contributed by atoms with Gasteiger partial charge in [-0.25, -0.2) is 0 Å². The fourth-order valence-corrected chi connectivity index (χ4v) is 0.830. The number of phenolic OH excluding ortho intramolecular Hbond substituents is 1. The van der Waals surface area contributed by atoms with Crippen molar-refractivity contribution in [1.29, 1.82) is 0 Å². The second kappa shape index (κ2) is 4.80. The van der Waals surface area contributed by atoms with Gasteiger partial charge in [0, 0.05) is 17.8 Å². The number of anilines is 1. The van der Waals surface area contributed by atoms with Crippen LogP contribution in [0.1, 0.15) is 0 Å². The number of phenols is 1. The van der Waals surface area contributed by atoms with Crippen molar-refractivity contribution in [2.45, 2.75) is 0 Å². The third-order valence-corrected chi connectivity index (χ3v) is 1.53. The number of amides is 2. The van der Waals surface area contributed by atoms with Crippen molar-refractivity contribution in [3.05, 3.63) is 36.4 Å². The summed E-state index contributed by atoms with van der Waals surface area (Å²) >= 11 is 0. The van der Waals surface area contributed by atoms with E-state index in [1.54, 1.807) is 24.3 Å². The van der Waals surface area contributed by atoms with E-state index < -0.39 is 0 Å². The van der Waals surface area contributed by atoms with E-state index in [4.69, 9.17) is 10.8 Å². The number of nitrogens with two attached hydrogens (primary N) is 1. The van der Waals surface area contributed by atoms with Gasteiger partial charge in [0.15, 0.2) is 0 Å². The summed E-state index contributed by atoms with van der Waals surface area (Å²) in [6.45, 7) is 0. The van der Waals surface area contributed by atoms with Gasteiger partial charge in [0.1, 0.15) is 5.75 Å². The number of hydrogen-bond acceptors (Lipinski definition) is 4. The van der Waals surface area contributed by atoms with Gasteiger partial charge in [0.25, 0.3) is 11.8 Å².